The van der Waals surface area contributed by atoms with Crippen molar-refractivity contribution < 1.29 is 14.2 Å². The van der Waals surface area contributed by atoms with Gasteiger partial charge in [-0.05, 0) is 24.5 Å². The molecule has 1 aliphatic carbocycles. The van der Waals surface area contributed by atoms with Gasteiger partial charge in [0.05, 0.1) is 4.92 Å². The topological polar surface area (TPSA) is 102 Å². The number of carbonyl (C=O) groups excluding carboxylic acids is 1. The van der Waals surface area contributed by atoms with E-state index in [1.165, 1.54) is 18.6 Å². The quantitative estimate of drug-likeness (QED) is 0.272. The Labute approximate surface area is 192 Å². The minimum absolute atomic E-state index is 0.0239. The van der Waals surface area contributed by atoms with E-state index in [4.69, 9.17) is 4.52 Å². The van der Waals surface area contributed by atoms with E-state index in [2.05, 4.69) is 10.1 Å². The summed E-state index contributed by atoms with van der Waals surface area (Å²) in [7, 11) is 0. The van der Waals surface area contributed by atoms with E-state index in [1.54, 1.807) is 18.2 Å². The number of nitro benzene ring substituents is 1. The summed E-state index contributed by atoms with van der Waals surface area (Å²) in [5, 5.41) is 15.0. The summed E-state index contributed by atoms with van der Waals surface area (Å²) in [6.07, 6.45) is 9.32. The fourth-order valence-electron chi connectivity index (χ4n) is 4.14. The van der Waals surface area contributed by atoms with Gasteiger partial charge in [0.1, 0.15) is 0 Å². The number of carbonyl (C=O) groups is 1. The van der Waals surface area contributed by atoms with Crippen molar-refractivity contribution in [3.05, 3.63) is 82.2 Å². The Bertz CT molecular complexity index is 1120. The molecule has 1 amide bonds. The molecule has 3 aromatic rings. The molecule has 1 fully saturated rings. The maximum Gasteiger partial charge on any atom is 0.270 e. The molecule has 0 unspecified atom stereocenters. The van der Waals surface area contributed by atoms with Gasteiger partial charge < -0.3 is 9.42 Å². The summed E-state index contributed by atoms with van der Waals surface area (Å²) in [5.41, 5.74) is 1.47. The van der Waals surface area contributed by atoms with Crippen LogP contribution in [0.3, 0.4) is 0 Å². The number of rotatable bonds is 8. The van der Waals surface area contributed by atoms with Crippen molar-refractivity contribution in [3.63, 3.8) is 0 Å². The fourth-order valence-corrected chi connectivity index (χ4v) is 4.14. The Morgan fingerprint density at radius 2 is 1.91 bits per heavy atom. The first-order chi connectivity index (χ1) is 16.1. The summed E-state index contributed by atoms with van der Waals surface area (Å²) in [4.78, 5) is 29.9. The lowest BCUT2D eigenvalue weighted by Crippen LogP contribution is -2.41. The van der Waals surface area contributed by atoms with Gasteiger partial charge in [0.25, 0.3) is 5.69 Å². The maximum absolute atomic E-state index is 13.1. The van der Waals surface area contributed by atoms with E-state index in [9.17, 15) is 14.9 Å². The average molecular weight is 447 g/mol. The number of hydrogen-bond donors (Lipinski definition) is 0. The van der Waals surface area contributed by atoms with Crippen LogP contribution in [0.25, 0.3) is 17.5 Å². The van der Waals surface area contributed by atoms with Crippen LogP contribution in [0.1, 0.15) is 43.6 Å². The number of hydrogen-bond acceptors (Lipinski definition) is 6. The average Bonchev–Trinajstić information content (AvgIpc) is 3.33. The first-order valence-corrected chi connectivity index (χ1v) is 11.2. The SMILES string of the molecule is O=C(/C=C/c1ccccc1)N(CCc1nc(-c2cccc([N+](=O)[O-])c2)no1)C1CCCCC1. The molecule has 8 nitrogen and oxygen atoms in total. The highest BCUT2D eigenvalue weighted by atomic mass is 16.6. The Morgan fingerprint density at radius 3 is 2.67 bits per heavy atom. The second-order valence-electron chi connectivity index (χ2n) is 8.14. The minimum atomic E-state index is -0.457. The lowest BCUT2D eigenvalue weighted by molar-refractivity contribution is -0.384. The van der Waals surface area contributed by atoms with E-state index in [-0.39, 0.29) is 17.6 Å². The molecule has 0 bridgehead atoms. The van der Waals surface area contributed by atoms with E-state index in [1.807, 2.05) is 41.3 Å². The summed E-state index contributed by atoms with van der Waals surface area (Å²) >= 11 is 0. The van der Waals surface area contributed by atoms with Gasteiger partial charge in [0, 0.05) is 42.8 Å². The van der Waals surface area contributed by atoms with Crippen LogP contribution in [0, 0.1) is 10.1 Å². The predicted molar refractivity (Wildman–Crippen MR) is 124 cm³/mol. The molecular weight excluding hydrogens is 420 g/mol. The summed E-state index contributed by atoms with van der Waals surface area (Å²) in [6.45, 7) is 0.471. The van der Waals surface area contributed by atoms with Crippen molar-refractivity contribution in [2.45, 2.75) is 44.6 Å². The molecule has 1 saturated carbocycles. The molecule has 2 aromatic carbocycles. The Morgan fingerprint density at radius 1 is 1.12 bits per heavy atom. The van der Waals surface area contributed by atoms with Crippen molar-refractivity contribution in [1.82, 2.24) is 15.0 Å². The van der Waals surface area contributed by atoms with Gasteiger partial charge in [-0.1, -0.05) is 66.9 Å². The molecule has 170 valence electrons. The first kappa shape index (κ1) is 22.4. The molecule has 8 heteroatoms. The number of non-ortho nitro benzene ring substituents is 1. The van der Waals surface area contributed by atoms with Crippen molar-refractivity contribution in [3.8, 4) is 11.4 Å². The molecule has 4 rings (SSSR count). The molecule has 0 saturated heterocycles. The Hall–Kier alpha value is -3.81. The normalized spacial score (nSPS) is 14.4. The zero-order valence-corrected chi connectivity index (χ0v) is 18.3. The van der Waals surface area contributed by atoms with Gasteiger partial charge in [-0.25, -0.2) is 0 Å². The van der Waals surface area contributed by atoms with Gasteiger partial charge in [-0.15, -0.1) is 0 Å². The zero-order chi connectivity index (χ0) is 23.0. The number of aromatic nitrogens is 2. The van der Waals surface area contributed by atoms with Crippen LogP contribution < -0.4 is 0 Å². The summed E-state index contributed by atoms with van der Waals surface area (Å²) < 4.78 is 5.38. The van der Waals surface area contributed by atoms with E-state index >= 15 is 0 Å². The van der Waals surface area contributed by atoms with E-state index in [0.29, 0.717) is 30.2 Å². The fraction of sp³-hybridized carbons (Fsp3) is 0.320. The molecule has 33 heavy (non-hydrogen) atoms. The van der Waals surface area contributed by atoms with Gasteiger partial charge in [0.2, 0.25) is 17.6 Å². The molecular formula is C25H26N4O4. The lowest BCUT2D eigenvalue weighted by Gasteiger charge is -2.33. The molecule has 1 aliphatic rings. The molecule has 0 spiro atoms. The van der Waals surface area contributed by atoms with Crippen LogP contribution in [0.15, 0.2) is 65.2 Å². The smallest absolute Gasteiger partial charge is 0.270 e. The molecule has 0 N–H and O–H groups in total. The minimum Gasteiger partial charge on any atom is -0.339 e. The van der Waals surface area contributed by atoms with Crippen LogP contribution in [-0.4, -0.2) is 38.5 Å². The first-order valence-electron chi connectivity index (χ1n) is 11.2. The standard InChI is InChI=1S/C25H26N4O4/c30-24(15-14-19-8-3-1-4-9-19)28(21-11-5-2-6-12-21)17-16-23-26-25(27-33-23)20-10-7-13-22(18-20)29(31)32/h1,3-4,7-10,13-15,18,21H,2,5-6,11-12,16-17H2/b15-14+. The van der Waals surface area contributed by atoms with Crippen molar-refractivity contribution >= 4 is 17.7 Å². The molecule has 1 heterocycles. The largest absolute Gasteiger partial charge is 0.339 e. The van der Waals surface area contributed by atoms with E-state index in [0.717, 1.165) is 31.2 Å². The summed E-state index contributed by atoms with van der Waals surface area (Å²) in [5.74, 6) is 0.676. The maximum atomic E-state index is 13.1. The summed E-state index contributed by atoms with van der Waals surface area (Å²) in [6, 6.07) is 16.1. The van der Waals surface area contributed by atoms with E-state index < -0.39 is 4.92 Å². The van der Waals surface area contributed by atoms with Gasteiger partial charge in [0.15, 0.2) is 0 Å². The van der Waals surface area contributed by atoms with Gasteiger partial charge >= 0.3 is 0 Å². The highest BCUT2D eigenvalue weighted by Gasteiger charge is 2.25. The zero-order valence-electron chi connectivity index (χ0n) is 18.3. The molecule has 1 aromatic heterocycles. The molecule has 0 atom stereocenters. The van der Waals surface area contributed by atoms with Crippen LogP contribution in [-0.2, 0) is 11.2 Å². The third-order valence-electron chi connectivity index (χ3n) is 5.87. The van der Waals surface area contributed by atoms with Crippen molar-refractivity contribution in [1.29, 1.82) is 0 Å². The monoisotopic (exact) mass is 446 g/mol. The Balaban J connectivity index is 1.46. The predicted octanol–water partition coefficient (Wildman–Crippen LogP) is 5.06. The second kappa shape index (κ2) is 10.7. The molecule has 0 aliphatic heterocycles. The highest BCUT2D eigenvalue weighted by Crippen LogP contribution is 2.24. The Kier molecular flexibility index (Phi) is 7.24. The van der Waals surface area contributed by atoms with Crippen LogP contribution in [0.4, 0.5) is 5.69 Å². The van der Waals surface area contributed by atoms with Crippen molar-refractivity contribution in [2.75, 3.05) is 6.54 Å². The number of benzene rings is 2. The molecule has 0 radical (unpaired) electrons. The second-order valence-corrected chi connectivity index (χ2v) is 8.14. The van der Waals surface area contributed by atoms with Crippen LogP contribution >= 0.6 is 0 Å². The van der Waals surface area contributed by atoms with Crippen LogP contribution in [0.2, 0.25) is 0 Å². The van der Waals surface area contributed by atoms with Crippen molar-refractivity contribution in [2.24, 2.45) is 0 Å². The van der Waals surface area contributed by atoms with Crippen LogP contribution in [0.5, 0.6) is 0 Å². The number of nitro groups is 1. The lowest BCUT2D eigenvalue weighted by atomic mass is 9.94. The van der Waals surface area contributed by atoms with Gasteiger partial charge in [-0.3, -0.25) is 14.9 Å². The third-order valence-corrected chi connectivity index (χ3v) is 5.87. The highest BCUT2D eigenvalue weighted by molar-refractivity contribution is 5.92. The van der Waals surface area contributed by atoms with Gasteiger partial charge in [-0.2, -0.15) is 4.98 Å². The number of nitrogens with zero attached hydrogens (tertiary/aromatic N) is 4. The third kappa shape index (κ3) is 5.91. The number of amides is 1.